The maximum atomic E-state index is 12.6. The summed E-state index contributed by atoms with van der Waals surface area (Å²) in [5.74, 6) is -2.72. The summed E-state index contributed by atoms with van der Waals surface area (Å²) in [5.41, 5.74) is 1.96. The Hall–Kier alpha value is -3.65. The quantitative estimate of drug-likeness (QED) is 0.720. The van der Waals surface area contributed by atoms with E-state index in [1.807, 2.05) is 23.1 Å². The van der Waals surface area contributed by atoms with E-state index in [0.717, 1.165) is 18.5 Å². The predicted molar refractivity (Wildman–Crippen MR) is 110 cm³/mol. The molecule has 11 heteroatoms. The van der Waals surface area contributed by atoms with Crippen molar-refractivity contribution in [3.8, 4) is 6.07 Å². The number of benzene rings is 1. The molecule has 2 aromatic rings. The van der Waals surface area contributed by atoms with E-state index in [0.29, 0.717) is 30.8 Å². The lowest BCUT2D eigenvalue weighted by atomic mass is 9.97. The van der Waals surface area contributed by atoms with Crippen molar-refractivity contribution in [3.05, 3.63) is 59.9 Å². The normalized spacial score (nSPS) is 21.8. The number of nitrogens with zero attached hydrogens (tertiary/aromatic N) is 3. The summed E-state index contributed by atoms with van der Waals surface area (Å²) in [4.78, 5) is 27.4. The lowest BCUT2D eigenvalue weighted by molar-refractivity contribution is -0.192. The number of nitrogens with one attached hydrogen (secondary N) is 1. The largest absolute Gasteiger partial charge is 0.490 e. The van der Waals surface area contributed by atoms with Crippen molar-refractivity contribution >= 4 is 17.6 Å². The molecule has 2 unspecified atom stereocenters. The van der Waals surface area contributed by atoms with E-state index in [1.54, 1.807) is 30.6 Å². The molecule has 2 fully saturated rings. The van der Waals surface area contributed by atoms with Gasteiger partial charge in [-0.25, -0.2) is 4.79 Å². The number of aliphatic carboxylic acids is 1. The zero-order valence-electron chi connectivity index (χ0n) is 17.4. The summed E-state index contributed by atoms with van der Waals surface area (Å²) >= 11 is 0. The Morgan fingerprint density at radius 1 is 1.27 bits per heavy atom. The summed E-state index contributed by atoms with van der Waals surface area (Å²) < 4.78 is 37.9. The number of carboxylic acids is 1. The van der Waals surface area contributed by atoms with Gasteiger partial charge in [-0.05, 0) is 36.8 Å². The van der Waals surface area contributed by atoms with Crippen molar-refractivity contribution in [2.45, 2.75) is 30.7 Å². The van der Waals surface area contributed by atoms with E-state index in [2.05, 4.69) is 16.4 Å². The number of carbonyl (C=O) groups is 2. The van der Waals surface area contributed by atoms with Crippen LogP contribution in [-0.4, -0.2) is 64.4 Å². The maximum Gasteiger partial charge on any atom is 0.490 e. The molecule has 0 bridgehead atoms. The molecule has 33 heavy (non-hydrogen) atoms. The number of hydrogen-bond acceptors (Lipinski definition) is 6. The van der Waals surface area contributed by atoms with Crippen LogP contribution < -0.4 is 5.32 Å². The zero-order chi connectivity index (χ0) is 24.1. The van der Waals surface area contributed by atoms with Crippen molar-refractivity contribution in [3.63, 3.8) is 0 Å². The SMILES string of the molecule is N#Cc1cccc(NC2COC3(CCN(C(=O)c4ccncc4)C3)C2)c1.O=C(O)C(F)(F)F. The van der Waals surface area contributed by atoms with Gasteiger partial charge in [0, 0.05) is 36.6 Å². The van der Waals surface area contributed by atoms with Gasteiger partial charge in [-0.3, -0.25) is 9.78 Å². The van der Waals surface area contributed by atoms with E-state index < -0.39 is 12.1 Å². The fourth-order valence-electron chi connectivity index (χ4n) is 3.83. The Morgan fingerprint density at radius 3 is 2.61 bits per heavy atom. The second-order valence-electron chi connectivity index (χ2n) is 7.75. The second-order valence-corrected chi connectivity index (χ2v) is 7.75. The average molecular weight is 462 g/mol. The molecule has 2 aliphatic heterocycles. The number of hydrogen-bond donors (Lipinski definition) is 2. The Bertz CT molecular complexity index is 1040. The fraction of sp³-hybridized carbons (Fsp3) is 0.364. The first kappa shape index (κ1) is 24.0. The summed E-state index contributed by atoms with van der Waals surface area (Å²) in [6, 6.07) is 13.3. The Balaban J connectivity index is 0.000000383. The van der Waals surface area contributed by atoms with Crippen molar-refractivity contribution in [1.82, 2.24) is 9.88 Å². The number of ether oxygens (including phenoxy) is 1. The van der Waals surface area contributed by atoms with Crippen LogP contribution in [0, 0.1) is 11.3 Å². The topological polar surface area (TPSA) is 116 Å². The van der Waals surface area contributed by atoms with Crippen LogP contribution in [0.15, 0.2) is 48.8 Å². The van der Waals surface area contributed by atoms with Crippen LogP contribution >= 0.6 is 0 Å². The number of carboxylic acid groups (broad SMARTS) is 1. The third kappa shape index (κ3) is 6.20. The minimum Gasteiger partial charge on any atom is -0.475 e. The van der Waals surface area contributed by atoms with Gasteiger partial charge in [0.2, 0.25) is 0 Å². The van der Waals surface area contributed by atoms with E-state index in [1.165, 1.54) is 0 Å². The number of likely N-dealkylation sites (tertiary alicyclic amines) is 1. The standard InChI is InChI=1S/C20H20N4O2.C2HF3O2/c21-12-15-2-1-3-17(10-15)23-18-11-20(26-13-18)6-9-24(14-20)19(25)16-4-7-22-8-5-16;3-2(4,5)1(6)7/h1-5,7-8,10,18,23H,6,9,11,13-14H2;(H,6,7). The lowest BCUT2D eigenvalue weighted by Crippen LogP contribution is -2.36. The van der Waals surface area contributed by atoms with Gasteiger partial charge in [0.1, 0.15) is 0 Å². The Morgan fingerprint density at radius 2 is 1.97 bits per heavy atom. The second kappa shape index (κ2) is 9.87. The first-order valence-corrected chi connectivity index (χ1v) is 10.0. The molecule has 0 radical (unpaired) electrons. The third-order valence-electron chi connectivity index (χ3n) is 5.34. The molecule has 1 aromatic carbocycles. The molecule has 1 amide bonds. The Kier molecular flexibility index (Phi) is 7.18. The van der Waals surface area contributed by atoms with Crippen LogP contribution in [0.4, 0.5) is 18.9 Å². The first-order valence-electron chi connectivity index (χ1n) is 10.0. The average Bonchev–Trinajstić information content (AvgIpc) is 3.40. The molecule has 0 saturated carbocycles. The molecule has 3 heterocycles. The summed E-state index contributed by atoms with van der Waals surface area (Å²) in [6.45, 7) is 1.93. The lowest BCUT2D eigenvalue weighted by Gasteiger charge is -2.23. The minimum atomic E-state index is -5.08. The molecular formula is C22H21F3N4O4. The number of nitriles is 1. The number of halogens is 3. The van der Waals surface area contributed by atoms with Gasteiger partial charge in [0.15, 0.2) is 0 Å². The Labute approximate surface area is 187 Å². The maximum absolute atomic E-state index is 12.6. The molecule has 2 aliphatic rings. The number of carbonyl (C=O) groups excluding carboxylic acids is 1. The molecule has 2 saturated heterocycles. The molecule has 1 spiro atoms. The van der Waals surface area contributed by atoms with Crippen LogP contribution in [-0.2, 0) is 9.53 Å². The van der Waals surface area contributed by atoms with Gasteiger partial charge in [-0.1, -0.05) is 6.07 Å². The molecule has 174 valence electrons. The minimum absolute atomic E-state index is 0.0333. The van der Waals surface area contributed by atoms with E-state index in [-0.39, 0.29) is 17.6 Å². The molecule has 2 N–H and O–H groups in total. The zero-order valence-corrected chi connectivity index (χ0v) is 17.4. The van der Waals surface area contributed by atoms with Crippen LogP contribution in [0.1, 0.15) is 28.8 Å². The predicted octanol–water partition coefficient (Wildman–Crippen LogP) is 3.07. The highest BCUT2D eigenvalue weighted by Gasteiger charge is 2.46. The number of aromatic nitrogens is 1. The number of anilines is 1. The van der Waals surface area contributed by atoms with E-state index >= 15 is 0 Å². The van der Waals surface area contributed by atoms with Crippen molar-refractivity contribution < 1.29 is 32.6 Å². The van der Waals surface area contributed by atoms with Gasteiger partial charge in [-0.2, -0.15) is 18.4 Å². The molecule has 2 atom stereocenters. The number of alkyl halides is 3. The van der Waals surface area contributed by atoms with E-state index in [4.69, 9.17) is 19.9 Å². The summed E-state index contributed by atoms with van der Waals surface area (Å²) in [6.07, 6.45) is -0.106. The van der Waals surface area contributed by atoms with E-state index in [9.17, 15) is 18.0 Å². The van der Waals surface area contributed by atoms with Crippen LogP contribution in [0.5, 0.6) is 0 Å². The highest BCUT2D eigenvalue weighted by molar-refractivity contribution is 5.94. The third-order valence-corrected chi connectivity index (χ3v) is 5.34. The van der Waals surface area contributed by atoms with Crippen molar-refractivity contribution in [1.29, 1.82) is 5.26 Å². The molecule has 1 aromatic heterocycles. The molecule has 8 nitrogen and oxygen atoms in total. The smallest absolute Gasteiger partial charge is 0.475 e. The van der Waals surface area contributed by atoms with Crippen LogP contribution in [0.3, 0.4) is 0 Å². The van der Waals surface area contributed by atoms with Crippen LogP contribution in [0.2, 0.25) is 0 Å². The van der Waals surface area contributed by atoms with Gasteiger partial charge >= 0.3 is 12.1 Å². The monoisotopic (exact) mass is 462 g/mol. The summed E-state index contributed by atoms with van der Waals surface area (Å²) in [5, 5.41) is 19.6. The highest BCUT2D eigenvalue weighted by atomic mass is 19.4. The number of amides is 1. The fourth-order valence-corrected chi connectivity index (χ4v) is 3.83. The number of rotatable bonds is 3. The van der Waals surface area contributed by atoms with Crippen LogP contribution in [0.25, 0.3) is 0 Å². The summed E-state index contributed by atoms with van der Waals surface area (Å²) in [7, 11) is 0. The van der Waals surface area contributed by atoms with Gasteiger partial charge in [0.25, 0.3) is 5.91 Å². The van der Waals surface area contributed by atoms with Gasteiger partial charge in [0.05, 0.1) is 36.4 Å². The first-order chi connectivity index (χ1) is 15.6. The molecule has 4 rings (SSSR count). The van der Waals surface area contributed by atoms with Gasteiger partial charge in [-0.15, -0.1) is 0 Å². The molecule has 0 aliphatic carbocycles. The van der Waals surface area contributed by atoms with Crippen molar-refractivity contribution in [2.75, 3.05) is 25.0 Å². The van der Waals surface area contributed by atoms with Gasteiger partial charge < -0.3 is 20.1 Å². The van der Waals surface area contributed by atoms with Crippen molar-refractivity contribution in [2.24, 2.45) is 0 Å². The number of pyridine rings is 1. The highest BCUT2D eigenvalue weighted by Crippen LogP contribution is 2.36. The molecular weight excluding hydrogens is 441 g/mol.